The summed E-state index contributed by atoms with van der Waals surface area (Å²) in [7, 11) is 0. The topological polar surface area (TPSA) is 24.4 Å². The fourth-order valence-electron chi connectivity index (χ4n) is 7.78. The highest BCUT2D eigenvalue weighted by Gasteiger charge is 2.25. The van der Waals surface area contributed by atoms with Gasteiger partial charge in [-0.05, 0) is 85.6 Å². The van der Waals surface area contributed by atoms with E-state index in [-0.39, 0.29) is 12.1 Å². The summed E-state index contributed by atoms with van der Waals surface area (Å²) in [5.41, 5.74) is 9.78. The summed E-state index contributed by atoms with van der Waals surface area (Å²) in [6.07, 6.45) is 12.0. The number of thiophene rings is 1. The third-order valence-electron chi connectivity index (χ3n) is 10.2. The zero-order valence-electron chi connectivity index (χ0n) is 26.8. The molecule has 1 aliphatic carbocycles. The quantitative estimate of drug-likeness (QED) is 0.190. The van der Waals surface area contributed by atoms with Gasteiger partial charge in [0.1, 0.15) is 0 Å². The molecule has 10 rings (SSSR count). The van der Waals surface area contributed by atoms with Crippen molar-refractivity contribution in [3.8, 4) is 0 Å². The minimum atomic E-state index is 0.0155. The van der Waals surface area contributed by atoms with Gasteiger partial charge in [0.25, 0.3) is 0 Å². The van der Waals surface area contributed by atoms with Gasteiger partial charge in [0.2, 0.25) is 0 Å². The molecule has 0 bridgehead atoms. The lowest BCUT2D eigenvalue weighted by Crippen LogP contribution is -2.43. The predicted molar refractivity (Wildman–Crippen MR) is 208 cm³/mol. The lowest BCUT2D eigenvalue weighted by molar-refractivity contribution is 0.749. The van der Waals surface area contributed by atoms with Gasteiger partial charge in [0.15, 0.2) is 0 Å². The van der Waals surface area contributed by atoms with Crippen molar-refractivity contribution in [2.45, 2.75) is 18.5 Å². The van der Waals surface area contributed by atoms with Gasteiger partial charge in [-0.25, -0.2) is 0 Å². The molecule has 3 heterocycles. The van der Waals surface area contributed by atoms with E-state index < -0.39 is 0 Å². The van der Waals surface area contributed by atoms with Gasteiger partial charge in [0.05, 0.1) is 23.5 Å². The second kappa shape index (κ2) is 11.4. The summed E-state index contributed by atoms with van der Waals surface area (Å²) in [5, 5.41) is 11.6. The van der Waals surface area contributed by atoms with E-state index in [0.29, 0.717) is 0 Å². The molecule has 7 aromatic rings. The van der Waals surface area contributed by atoms with Crippen molar-refractivity contribution in [3.05, 3.63) is 196 Å². The average Bonchev–Trinajstić information content (AvgIpc) is 3.57. The van der Waals surface area contributed by atoms with E-state index in [2.05, 4.69) is 169 Å². The van der Waals surface area contributed by atoms with Gasteiger partial charge in [-0.1, -0.05) is 140 Å². The number of aliphatic imine (C=N–C) groups is 1. The molecule has 0 saturated heterocycles. The molecule has 0 saturated carbocycles. The molecule has 2 aliphatic heterocycles. The highest BCUT2D eigenvalue weighted by Crippen LogP contribution is 2.38. The molecule has 0 amide bonds. The summed E-state index contributed by atoms with van der Waals surface area (Å²) in [6.45, 7) is 0. The number of nitrogens with one attached hydrogen (secondary N) is 1. The van der Waals surface area contributed by atoms with Crippen LogP contribution in [0.2, 0.25) is 0 Å². The van der Waals surface area contributed by atoms with Crippen LogP contribution < -0.4 is 15.1 Å². The Balaban J connectivity index is 1.14. The first-order valence-corrected chi connectivity index (χ1v) is 17.8. The molecule has 232 valence electrons. The van der Waals surface area contributed by atoms with Gasteiger partial charge >= 0.3 is 0 Å². The van der Waals surface area contributed by atoms with Crippen molar-refractivity contribution in [1.29, 1.82) is 0 Å². The average molecular weight is 645 g/mol. The Morgan fingerprint density at radius 2 is 1.41 bits per heavy atom. The maximum Gasteiger partial charge on any atom is 0.0797 e. The molecule has 0 fully saturated rings. The monoisotopic (exact) mass is 644 g/mol. The minimum absolute atomic E-state index is 0.0155. The Kier molecular flexibility index (Phi) is 6.60. The van der Waals surface area contributed by atoms with E-state index in [1.165, 1.54) is 74.9 Å². The van der Waals surface area contributed by atoms with E-state index in [1.54, 1.807) is 0 Å². The van der Waals surface area contributed by atoms with Gasteiger partial charge in [-0.3, -0.25) is 4.99 Å². The number of benzene rings is 6. The van der Waals surface area contributed by atoms with Gasteiger partial charge in [0, 0.05) is 19.8 Å². The summed E-state index contributed by atoms with van der Waals surface area (Å²) in [5.74, 6) is 0. The fraction of sp³-hybridized carbons (Fsp3) is 0.0652. The first-order chi connectivity index (χ1) is 24.3. The van der Waals surface area contributed by atoms with Crippen LogP contribution in [0.5, 0.6) is 0 Å². The van der Waals surface area contributed by atoms with Gasteiger partial charge < -0.3 is 5.32 Å². The lowest BCUT2D eigenvalue weighted by Gasteiger charge is -2.25. The minimum Gasteiger partial charge on any atom is -0.374 e. The molecule has 3 aliphatic rings. The van der Waals surface area contributed by atoms with Crippen LogP contribution in [-0.2, 0) is 0 Å². The van der Waals surface area contributed by atoms with E-state index >= 15 is 0 Å². The van der Waals surface area contributed by atoms with Crippen LogP contribution in [0.4, 0.5) is 0 Å². The van der Waals surface area contributed by atoms with Gasteiger partial charge in [-0.2, -0.15) is 0 Å². The number of dihydropyridines is 1. The number of allylic oxidation sites excluding steroid dienone is 3. The smallest absolute Gasteiger partial charge is 0.0797 e. The predicted octanol–water partition coefficient (Wildman–Crippen LogP) is 9.63. The first kappa shape index (κ1) is 28.3. The van der Waals surface area contributed by atoms with Crippen molar-refractivity contribution < 1.29 is 0 Å². The summed E-state index contributed by atoms with van der Waals surface area (Å²) in [6, 6.07) is 48.8. The fourth-order valence-corrected chi connectivity index (χ4v) is 9.03. The Hall–Kier alpha value is -5.77. The SMILES string of the molecule is C1=CC2=c3sc4ccc(C5=CC(c6ccccc6)=NC(c6ccc7c(ccc8ccccc87)c6)C5)cc4c3=C(c3ccccc3)NC2C=C1. The van der Waals surface area contributed by atoms with Crippen LogP contribution >= 0.6 is 11.3 Å². The summed E-state index contributed by atoms with van der Waals surface area (Å²) >= 11 is 1.91. The van der Waals surface area contributed by atoms with Crippen LogP contribution in [-0.4, -0.2) is 11.8 Å². The van der Waals surface area contributed by atoms with Crippen molar-refractivity contribution in [3.63, 3.8) is 0 Å². The molecule has 2 atom stereocenters. The maximum atomic E-state index is 5.40. The number of hydrogen-bond donors (Lipinski definition) is 1. The normalized spacial score (nSPS) is 18.3. The highest BCUT2D eigenvalue weighted by atomic mass is 32.1. The first-order valence-electron chi connectivity index (χ1n) is 17.0. The second-order valence-corrected chi connectivity index (χ2v) is 14.2. The standard InChI is InChI=1S/C46H32N2S/c1-3-12-30(13-4-1)41-27-35(28-42(47-41)34-21-23-37-33(25-34)20-19-29-11-7-8-16-36(29)37)32-22-24-43-39(26-32)44-45(31-14-5-2-6-15-31)48-40-18-10-9-17-38(40)46(44)49-43/h1-27,40,42,48H,28H2. The largest absolute Gasteiger partial charge is 0.374 e. The Morgan fingerprint density at radius 1 is 0.633 bits per heavy atom. The van der Waals surface area contributed by atoms with E-state index in [9.17, 15) is 0 Å². The molecule has 1 aromatic heterocycles. The molecule has 1 N–H and O–H groups in total. The Labute approximate surface area is 289 Å². The molecular formula is C46H32N2S. The Bertz CT molecular complexity index is 2710. The number of rotatable bonds is 4. The molecular weight excluding hydrogens is 613 g/mol. The lowest BCUT2D eigenvalue weighted by atomic mass is 9.88. The summed E-state index contributed by atoms with van der Waals surface area (Å²) < 4.78 is 2.67. The van der Waals surface area contributed by atoms with Crippen molar-refractivity contribution in [2.75, 3.05) is 0 Å². The number of nitrogens with zero attached hydrogens (tertiary/aromatic N) is 1. The van der Waals surface area contributed by atoms with Crippen LogP contribution in [0.3, 0.4) is 0 Å². The zero-order chi connectivity index (χ0) is 32.3. The van der Waals surface area contributed by atoms with Crippen molar-refractivity contribution >= 4 is 65.5 Å². The summed E-state index contributed by atoms with van der Waals surface area (Å²) in [4.78, 5) is 5.40. The third-order valence-corrected chi connectivity index (χ3v) is 11.4. The molecule has 2 unspecified atom stereocenters. The number of fused-ring (bicyclic) bond motifs is 7. The van der Waals surface area contributed by atoms with Gasteiger partial charge in [-0.15, -0.1) is 11.3 Å². The molecule has 0 spiro atoms. The van der Waals surface area contributed by atoms with Crippen LogP contribution in [0.15, 0.2) is 169 Å². The second-order valence-electron chi connectivity index (χ2n) is 13.1. The van der Waals surface area contributed by atoms with Crippen LogP contribution in [0.25, 0.3) is 48.5 Å². The number of hydrogen-bond acceptors (Lipinski definition) is 3. The van der Waals surface area contributed by atoms with E-state index in [0.717, 1.165) is 17.7 Å². The molecule has 0 radical (unpaired) electrons. The van der Waals surface area contributed by atoms with Crippen molar-refractivity contribution in [2.24, 2.45) is 4.99 Å². The molecule has 2 nitrogen and oxygen atoms in total. The van der Waals surface area contributed by atoms with E-state index in [4.69, 9.17) is 4.99 Å². The van der Waals surface area contributed by atoms with E-state index in [1.807, 2.05) is 11.3 Å². The van der Waals surface area contributed by atoms with Crippen LogP contribution in [0.1, 0.15) is 34.7 Å². The maximum absolute atomic E-state index is 5.40. The molecule has 6 aromatic carbocycles. The molecule has 3 heteroatoms. The highest BCUT2D eigenvalue weighted by molar-refractivity contribution is 7.17. The zero-order valence-corrected chi connectivity index (χ0v) is 27.6. The van der Waals surface area contributed by atoms with Crippen molar-refractivity contribution in [1.82, 2.24) is 5.32 Å². The molecule has 49 heavy (non-hydrogen) atoms. The van der Waals surface area contributed by atoms with Crippen LogP contribution in [0, 0.1) is 0 Å². The Morgan fingerprint density at radius 3 is 2.29 bits per heavy atom. The third kappa shape index (κ3) is 4.81.